The number of ether oxygens (including phenoxy) is 1. The van der Waals surface area contributed by atoms with E-state index in [-0.39, 0.29) is 0 Å². The van der Waals surface area contributed by atoms with Crippen LogP contribution in [0.2, 0.25) is 0 Å². The van der Waals surface area contributed by atoms with Gasteiger partial charge in [0.15, 0.2) is 5.82 Å². The van der Waals surface area contributed by atoms with E-state index in [9.17, 15) is 4.79 Å². The van der Waals surface area contributed by atoms with Crippen LogP contribution in [0.5, 0.6) is 0 Å². The zero-order chi connectivity index (χ0) is 18.4. The van der Waals surface area contributed by atoms with Crippen LogP contribution >= 0.6 is 0 Å². The van der Waals surface area contributed by atoms with Crippen molar-refractivity contribution in [1.29, 1.82) is 0 Å². The van der Waals surface area contributed by atoms with Crippen molar-refractivity contribution in [3.8, 4) is 11.5 Å². The normalized spacial score (nSPS) is 15.8. The fourth-order valence-corrected chi connectivity index (χ4v) is 3.08. The zero-order valence-corrected chi connectivity index (χ0v) is 15.0. The molecule has 1 fully saturated rings. The number of nitrogens with zero attached hydrogens (tertiary/aromatic N) is 3. The lowest BCUT2D eigenvalue weighted by atomic mass is 9.98. The first-order valence-corrected chi connectivity index (χ1v) is 8.91. The molecule has 0 unspecified atom stereocenters. The minimum atomic E-state index is -0.474. The molecule has 2 heterocycles. The summed E-state index contributed by atoms with van der Waals surface area (Å²) in [6.45, 7) is 5.79. The Kier molecular flexibility index (Phi) is 6.19. The molecule has 1 saturated heterocycles. The topological polar surface area (TPSA) is 107 Å². The first-order valence-electron chi connectivity index (χ1n) is 8.91. The van der Waals surface area contributed by atoms with E-state index in [1.807, 2.05) is 18.2 Å². The molecule has 1 aromatic heterocycles. The van der Waals surface area contributed by atoms with Crippen LogP contribution in [0.3, 0.4) is 0 Å². The lowest BCUT2D eigenvalue weighted by Crippen LogP contribution is -2.38. The summed E-state index contributed by atoms with van der Waals surface area (Å²) in [5, 5.41) is 6.56. The van der Waals surface area contributed by atoms with Crippen LogP contribution in [-0.4, -0.2) is 53.9 Å². The van der Waals surface area contributed by atoms with Crippen LogP contribution in [0, 0.1) is 12.8 Å². The minimum Gasteiger partial charge on any atom is -0.449 e. The predicted octanol–water partition coefficient (Wildman–Crippen LogP) is 2.26. The largest absolute Gasteiger partial charge is 0.449 e. The minimum absolute atomic E-state index is 0.366. The third kappa shape index (κ3) is 4.80. The Morgan fingerprint density at radius 1 is 1.38 bits per heavy atom. The number of piperidine rings is 1. The van der Waals surface area contributed by atoms with Gasteiger partial charge in [-0.25, -0.2) is 4.79 Å². The molecule has 140 valence electrons. The Bertz CT molecular complexity index is 725. The second-order valence-corrected chi connectivity index (χ2v) is 6.49. The van der Waals surface area contributed by atoms with E-state index in [4.69, 9.17) is 15.0 Å². The summed E-state index contributed by atoms with van der Waals surface area (Å²) in [5.74, 6) is 1.30. The molecular weight excluding hydrogens is 334 g/mol. The number of nitrogens with one attached hydrogen (secondary N) is 1. The monoisotopic (exact) mass is 359 g/mol. The maximum absolute atomic E-state index is 12.2. The first kappa shape index (κ1) is 18.3. The van der Waals surface area contributed by atoms with Crippen molar-refractivity contribution in [1.82, 2.24) is 15.0 Å². The molecule has 3 N–H and O–H groups in total. The van der Waals surface area contributed by atoms with Crippen molar-refractivity contribution >= 4 is 11.8 Å². The van der Waals surface area contributed by atoms with Gasteiger partial charge in [-0.15, -0.1) is 0 Å². The van der Waals surface area contributed by atoms with Gasteiger partial charge in [-0.1, -0.05) is 17.3 Å². The summed E-state index contributed by atoms with van der Waals surface area (Å²) in [5.41, 5.74) is 6.84. The van der Waals surface area contributed by atoms with Gasteiger partial charge in [-0.05, 0) is 50.9 Å². The Balaban J connectivity index is 1.52. The summed E-state index contributed by atoms with van der Waals surface area (Å²) >= 11 is 0. The van der Waals surface area contributed by atoms with E-state index in [2.05, 4.69) is 20.4 Å². The van der Waals surface area contributed by atoms with Gasteiger partial charge in [0.2, 0.25) is 0 Å². The van der Waals surface area contributed by atoms with Crippen molar-refractivity contribution in [3.05, 3.63) is 30.1 Å². The van der Waals surface area contributed by atoms with E-state index < -0.39 is 6.09 Å². The second-order valence-electron chi connectivity index (χ2n) is 6.49. The van der Waals surface area contributed by atoms with Crippen LogP contribution in [0.4, 0.5) is 10.5 Å². The Morgan fingerprint density at radius 2 is 2.15 bits per heavy atom. The van der Waals surface area contributed by atoms with E-state index in [1.54, 1.807) is 13.0 Å². The maximum Gasteiger partial charge on any atom is 0.411 e. The summed E-state index contributed by atoms with van der Waals surface area (Å²) < 4.78 is 10.6. The van der Waals surface area contributed by atoms with Gasteiger partial charge in [0.1, 0.15) is 0 Å². The van der Waals surface area contributed by atoms with Gasteiger partial charge in [0.05, 0.1) is 17.9 Å². The molecule has 0 spiro atoms. The van der Waals surface area contributed by atoms with E-state index in [1.165, 1.54) is 0 Å². The van der Waals surface area contributed by atoms with Crippen molar-refractivity contribution < 1.29 is 14.1 Å². The number of nitrogens with two attached hydrogens (primary N) is 1. The van der Waals surface area contributed by atoms with Crippen molar-refractivity contribution in [2.75, 3.05) is 38.1 Å². The molecule has 1 aliphatic rings. The lowest BCUT2D eigenvalue weighted by Gasteiger charge is -2.31. The zero-order valence-electron chi connectivity index (χ0n) is 15.0. The number of carbonyl (C=O) groups is 1. The molecule has 1 aromatic carbocycles. The summed E-state index contributed by atoms with van der Waals surface area (Å²) in [6.07, 6.45) is 1.56. The van der Waals surface area contributed by atoms with Crippen molar-refractivity contribution in [2.24, 2.45) is 11.7 Å². The van der Waals surface area contributed by atoms with Gasteiger partial charge in [0, 0.05) is 13.1 Å². The molecular formula is C18H25N5O3. The number of benzene rings is 1. The smallest absolute Gasteiger partial charge is 0.411 e. The average molecular weight is 359 g/mol. The number of rotatable bonds is 6. The molecule has 0 radical (unpaired) electrons. The molecule has 8 nitrogen and oxygen atoms in total. The summed E-state index contributed by atoms with van der Waals surface area (Å²) in [6, 6.07) is 7.27. The molecule has 26 heavy (non-hydrogen) atoms. The van der Waals surface area contributed by atoms with Crippen molar-refractivity contribution in [3.63, 3.8) is 0 Å². The van der Waals surface area contributed by atoms with Gasteiger partial charge in [-0.3, -0.25) is 5.32 Å². The highest BCUT2D eigenvalue weighted by molar-refractivity contribution is 5.90. The predicted molar refractivity (Wildman–Crippen MR) is 97.7 cm³/mol. The number of hydrogen-bond acceptors (Lipinski definition) is 7. The number of aromatic nitrogens is 2. The number of amides is 1. The first-order chi connectivity index (χ1) is 12.7. The fourth-order valence-electron chi connectivity index (χ4n) is 3.08. The van der Waals surface area contributed by atoms with E-state index in [0.717, 1.165) is 32.5 Å². The Morgan fingerprint density at radius 3 is 2.85 bits per heavy atom. The van der Waals surface area contributed by atoms with Gasteiger partial charge in [0.25, 0.3) is 5.89 Å². The van der Waals surface area contributed by atoms with Crippen LogP contribution in [-0.2, 0) is 4.74 Å². The maximum atomic E-state index is 12.2. The average Bonchev–Trinajstić information content (AvgIpc) is 3.08. The molecule has 1 amide bonds. The highest BCUT2D eigenvalue weighted by Gasteiger charge is 2.20. The molecule has 0 saturated carbocycles. The van der Waals surface area contributed by atoms with Crippen LogP contribution in [0.1, 0.15) is 18.7 Å². The molecule has 0 atom stereocenters. The SMILES string of the molecule is Cc1noc(-c2ccccc2NC(=O)OCC2CCN(CCN)CC2)n1. The van der Waals surface area contributed by atoms with Crippen LogP contribution in [0.25, 0.3) is 11.5 Å². The lowest BCUT2D eigenvalue weighted by molar-refractivity contribution is 0.106. The molecule has 0 bridgehead atoms. The highest BCUT2D eigenvalue weighted by atomic mass is 16.5. The molecule has 3 rings (SSSR count). The summed E-state index contributed by atoms with van der Waals surface area (Å²) in [4.78, 5) is 18.7. The van der Waals surface area contributed by atoms with Gasteiger partial charge >= 0.3 is 6.09 Å². The third-order valence-corrected chi connectivity index (χ3v) is 4.52. The Labute approximate surface area is 152 Å². The number of carbonyl (C=O) groups excluding carboxylic acids is 1. The fraction of sp³-hybridized carbons (Fsp3) is 0.500. The number of anilines is 1. The summed E-state index contributed by atoms with van der Waals surface area (Å²) in [7, 11) is 0. The number of hydrogen-bond donors (Lipinski definition) is 2. The van der Waals surface area contributed by atoms with Gasteiger partial charge < -0.3 is 19.9 Å². The second kappa shape index (κ2) is 8.77. The van der Waals surface area contributed by atoms with Crippen LogP contribution in [0.15, 0.2) is 28.8 Å². The number of aryl methyl sites for hydroxylation is 1. The Hall–Kier alpha value is -2.45. The highest BCUT2D eigenvalue weighted by Crippen LogP contribution is 2.26. The number of likely N-dealkylation sites (tertiary alicyclic amines) is 1. The third-order valence-electron chi connectivity index (χ3n) is 4.52. The number of para-hydroxylation sites is 1. The molecule has 8 heteroatoms. The molecule has 2 aromatic rings. The van der Waals surface area contributed by atoms with E-state index >= 15 is 0 Å². The quantitative estimate of drug-likeness (QED) is 0.815. The van der Waals surface area contributed by atoms with E-state index in [0.29, 0.717) is 42.0 Å². The standard InChI is InChI=1S/C18H25N5O3/c1-13-20-17(26-22-13)15-4-2-3-5-16(15)21-18(24)25-12-14-6-9-23(10-7-14)11-8-19/h2-5,14H,6-12,19H2,1H3,(H,21,24). The molecule has 1 aliphatic heterocycles. The van der Waals surface area contributed by atoms with Gasteiger partial charge in [-0.2, -0.15) is 4.98 Å². The molecule has 0 aliphatic carbocycles. The van der Waals surface area contributed by atoms with Crippen molar-refractivity contribution in [2.45, 2.75) is 19.8 Å². The van der Waals surface area contributed by atoms with Crippen LogP contribution < -0.4 is 11.1 Å².